The predicted octanol–water partition coefficient (Wildman–Crippen LogP) is 5.24. The van der Waals surface area contributed by atoms with Gasteiger partial charge in [0.1, 0.15) is 23.2 Å². The molecule has 1 atom stereocenters. The Morgan fingerprint density at radius 3 is 2.38 bits per heavy atom. The zero-order valence-electron chi connectivity index (χ0n) is 25.8. The third kappa shape index (κ3) is 6.56. The van der Waals surface area contributed by atoms with Gasteiger partial charge in [0, 0.05) is 19.3 Å². The van der Waals surface area contributed by atoms with Crippen LogP contribution in [0.4, 0.5) is 14.6 Å². The number of rotatable bonds is 9. The molecule has 0 bridgehead atoms. The molecule has 0 radical (unpaired) electrons. The van der Waals surface area contributed by atoms with Crippen LogP contribution >= 0.6 is 24.0 Å². The summed E-state index contributed by atoms with van der Waals surface area (Å²) in [5.41, 5.74) is 7.70. The molecule has 11 nitrogen and oxygen atoms in total. The van der Waals surface area contributed by atoms with Gasteiger partial charge in [-0.05, 0) is 66.1 Å². The molecule has 1 unspecified atom stereocenters. The molecule has 48 heavy (non-hydrogen) atoms. The molecule has 0 saturated carbocycles. The molecule has 0 aliphatic carbocycles. The Hall–Kier alpha value is -4.63. The molecular weight excluding hydrogens is 687 g/mol. The van der Waals surface area contributed by atoms with E-state index < -0.39 is 33.3 Å². The molecule has 16 heteroatoms. The highest BCUT2D eigenvalue weighted by Gasteiger charge is 2.29. The largest absolute Gasteiger partial charge is 0.497 e. The summed E-state index contributed by atoms with van der Waals surface area (Å²) < 4.78 is 63.6. The van der Waals surface area contributed by atoms with Crippen molar-refractivity contribution in [2.45, 2.75) is 19.0 Å². The number of fused-ring (bicyclic) bond motifs is 2. The number of aryl methyl sites for hydroxylation is 1. The van der Waals surface area contributed by atoms with E-state index >= 15 is 0 Å². The van der Waals surface area contributed by atoms with E-state index in [0.29, 0.717) is 16.8 Å². The molecule has 6 rings (SSSR count). The van der Waals surface area contributed by atoms with E-state index in [1.54, 1.807) is 49.5 Å². The lowest BCUT2D eigenvalue weighted by molar-refractivity contribution is 0.414. The fraction of sp³-hybridized carbons (Fsp3) is 0.188. The van der Waals surface area contributed by atoms with Crippen molar-refractivity contribution in [1.82, 2.24) is 24.3 Å². The summed E-state index contributed by atoms with van der Waals surface area (Å²) >= 11 is 6.75. The molecule has 6 aromatic rings. The number of hydrogen-bond donors (Lipinski definition) is 1. The van der Waals surface area contributed by atoms with Crippen LogP contribution in [0.15, 0.2) is 77.7 Å². The van der Waals surface area contributed by atoms with Crippen LogP contribution in [-0.2, 0) is 30.0 Å². The summed E-state index contributed by atoms with van der Waals surface area (Å²) in [6.45, 7) is -0.0705. The van der Waals surface area contributed by atoms with Crippen molar-refractivity contribution in [2.24, 2.45) is 12.8 Å². The van der Waals surface area contributed by atoms with Gasteiger partial charge in [-0.3, -0.25) is 14.0 Å². The Morgan fingerprint density at radius 2 is 1.73 bits per heavy atom. The highest BCUT2D eigenvalue weighted by atomic mass is 35.5. The molecule has 250 valence electrons. The number of nitrogens with zero attached hydrogens (tertiary/aromatic N) is 6. The van der Waals surface area contributed by atoms with Crippen molar-refractivity contribution in [3.8, 4) is 11.4 Å². The molecule has 0 aliphatic rings. The maximum Gasteiger partial charge on any atom is 0.267 e. The lowest BCUT2D eigenvalue weighted by Gasteiger charge is -2.21. The Bertz CT molecular complexity index is 2310. The van der Waals surface area contributed by atoms with Crippen molar-refractivity contribution in [3.63, 3.8) is 0 Å². The second-order valence-electron chi connectivity index (χ2n) is 10.9. The van der Waals surface area contributed by atoms with Crippen LogP contribution in [-0.4, -0.2) is 46.1 Å². The number of benzene rings is 3. The van der Waals surface area contributed by atoms with Crippen molar-refractivity contribution in [1.29, 1.82) is 0 Å². The second kappa shape index (κ2) is 13.5. The van der Waals surface area contributed by atoms with E-state index in [1.165, 1.54) is 28.6 Å². The van der Waals surface area contributed by atoms with E-state index in [1.807, 2.05) is 0 Å². The van der Waals surface area contributed by atoms with Crippen molar-refractivity contribution >= 4 is 61.8 Å². The zero-order chi connectivity index (χ0) is 33.6. The summed E-state index contributed by atoms with van der Waals surface area (Å²) in [6, 6.07) is 15.2. The van der Waals surface area contributed by atoms with E-state index in [9.17, 15) is 22.0 Å². The van der Waals surface area contributed by atoms with Crippen LogP contribution < -0.4 is 20.3 Å². The number of aromatic nitrogens is 5. The van der Waals surface area contributed by atoms with Crippen molar-refractivity contribution in [3.05, 3.63) is 117 Å². The summed E-state index contributed by atoms with van der Waals surface area (Å²) in [6.07, 6.45) is 2.47. The van der Waals surface area contributed by atoms with Gasteiger partial charge in [-0.15, -0.1) is 12.4 Å². The highest BCUT2D eigenvalue weighted by Crippen LogP contribution is 2.38. The molecule has 0 spiro atoms. The summed E-state index contributed by atoms with van der Waals surface area (Å²) in [5.74, 6) is -0.848. The van der Waals surface area contributed by atoms with E-state index in [0.717, 1.165) is 28.8 Å². The molecule has 3 aromatic carbocycles. The van der Waals surface area contributed by atoms with Crippen LogP contribution in [0.2, 0.25) is 5.02 Å². The van der Waals surface area contributed by atoms with Gasteiger partial charge in [0.2, 0.25) is 10.0 Å². The second-order valence-corrected chi connectivity index (χ2v) is 13.2. The average molecular weight is 717 g/mol. The minimum absolute atomic E-state index is 0. The number of hydrogen-bond acceptors (Lipinski definition) is 8. The molecule has 3 aromatic heterocycles. The first-order chi connectivity index (χ1) is 22.3. The van der Waals surface area contributed by atoms with Crippen LogP contribution in [0.25, 0.3) is 27.6 Å². The van der Waals surface area contributed by atoms with Crippen LogP contribution in [0.3, 0.4) is 0 Å². The first kappa shape index (κ1) is 34.7. The Kier molecular flexibility index (Phi) is 9.74. The van der Waals surface area contributed by atoms with Gasteiger partial charge in [0.15, 0.2) is 11.5 Å². The number of sulfonamides is 1. The van der Waals surface area contributed by atoms with E-state index in [-0.39, 0.29) is 69.7 Å². The third-order valence-electron chi connectivity index (χ3n) is 7.64. The molecule has 0 aliphatic heterocycles. The highest BCUT2D eigenvalue weighted by molar-refractivity contribution is 7.92. The molecule has 0 fully saturated rings. The van der Waals surface area contributed by atoms with Gasteiger partial charge in [0.05, 0.1) is 53.0 Å². The number of pyridine rings is 1. The lowest BCUT2D eigenvalue weighted by Crippen LogP contribution is -2.30. The van der Waals surface area contributed by atoms with Crippen molar-refractivity contribution < 1.29 is 21.9 Å². The first-order valence-electron chi connectivity index (χ1n) is 14.2. The normalized spacial score (nSPS) is 12.2. The maximum atomic E-state index is 14.2. The predicted molar refractivity (Wildman–Crippen MR) is 183 cm³/mol. The van der Waals surface area contributed by atoms with E-state index in [4.69, 9.17) is 22.1 Å². The quantitative estimate of drug-likeness (QED) is 0.215. The summed E-state index contributed by atoms with van der Waals surface area (Å²) in [4.78, 5) is 23.0. The van der Waals surface area contributed by atoms with Crippen LogP contribution in [0, 0.1) is 11.6 Å². The van der Waals surface area contributed by atoms with Gasteiger partial charge in [-0.2, -0.15) is 5.10 Å². The van der Waals surface area contributed by atoms with Crippen LogP contribution in [0.1, 0.15) is 23.0 Å². The Labute approximate surface area is 285 Å². The first-order valence-corrected chi connectivity index (χ1v) is 16.4. The Balaban J connectivity index is 0.00000451. The third-order valence-corrected chi connectivity index (χ3v) is 9.06. The van der Waals surface area contributed by atoms with Crippen LogP contribution in [0.5, 0.6) is 5.75 Å². The topological polar surface area (TPSA) is 138 Å². The lowest BCUT2D eigenvalue weighted by atomic mass is 10.0. The number of nitrogens with two attached hydrogens (primary N) is 1. The van der Waals surface area contributed by atoms with Gasteiger partial charge in [-0.25, -0.2) is 31.5 Å². The minimum Gasteiger partial charge on any atom is -0.497 e. The van der Waals surface area contributed by atoms with Crippen molar-refractivity contribution in [2.75, 3.05) is 17.7 Å². The zero-order valence-corrected chi connectivity index (χ0v) is 28.2. The molecule has 0 saturated heterocycles. The summed E-state index contributed by atoms with van der Waals surface area (Å²) in [5, 5.41) is 5.20. The number of ether oxygens (including phenoxy) is 1. The smallest absolute Gasteiger partial charge is 0.267 e. The fourth-order valence-electron chi connectivity index (χ4n) is 5.53. The van der Waals surface area contributed by atoms with Gasteiger partial charge >= 0.3 is 0 Å². The molecular formula is C32H29Cl2F2N7O4S. The monoisotopic (exact) mass is 715 g/mol. The summed E-state index contributed by atoms with van der Waals surface area (Å²) in [7, 11) is -0.783. The number of halogens is 4. The standard InChI is InChI=1S/C32H28ClF2N7O4S.ClH/c1-40-28-26(11-10-24(33)27(28)31(39-40)41(47(3,44)45)17-18-6-8-22(46-2)9-7-18)42-30(38-29-23(32(42)43)5-4-12-37-29)25(36)15-19-13-20(34)16-21(35)14-19;/h4-14,16,25H,15,17,36H2,1-3H3;1H. The fourth-order valence-corrected chi connectivity index (χ4v) is 6.59. The van der Waals surface area contributed by atoms with Gasteiger partial charge in [0.25, 0.3) is 5.56 Å². The minimum atomic E-state index is -3.91. The maximum absolute atomic E-state index is 14.2. The molecule has 0 amide bonds. The SMILES string of the molecule is COc1ccc(CN(c2nn(C)c3c(-n4c(C(N)Cc5cc(F)cc(F)c5)nc5ncccc5c4=O)ccc(Cl)c23)S(C)(=O)=O)cc1.Cl. The molecule has 2 N–H and O–H groups in total. The molecule has 3 heterocycles. The van der Waals surface area contributed by atoms with Gasteiger partial charge < -0.3 is 10.5 Å². The van der Waals surface area contributed by atoms with Gasteiger partial charge in [-0.1, -0.05) is 23.7 Å². The number of methoxy groups -OCH3 is 1. The number of anilines is 1. The average Bonchev–Trinajstić information content (AvgIpc) is 3.37. The Morgan fingerprint density at radius 1 is 1.04 bits per heavy atom. The van der Waals surface area contributed by atoms with E-state index in [2.05, 4.69) is 15.1 Å².